The molecule has 2 aromatic carbocycles. The zero-order chi connectivity index (χ0) is 24.8. The Balaban J connectivity index is 1.35. The lowest BCUT2D eigenvalue weighted by molar-refractivity contribution is 0.121. The van der Waals surface area contributed by atoms with Gasteiger partial charge in [0.15, 0.2) is 11.3 Å². The van der Waals surface area contributed by atoms with Crippen LogP contribution in [-0.4, -0.2) is 68.7 Å². The van der Waals surface area contributed by atoms with Crippen LogP contribution in [0.2, 0.25) is 0 Å². The third-order valence-electron chi connectivity index (χ3n) is 6.57. The van der Waals surface area contributed by atoms with E-state index in [1.54, 1.807) is 24.3 Å². The second kappa shape index (κ2) is 8.83. The van der Waals surface area contributed by atoms with Crippen LogP contribution in [0.3, 0.4) is 0 Å². The summed E-state index contributed by atoms with van der Waals surface area (Å²) < 4.78 is 29.1. The van der Waals surface area contributed by atoms with E-state index < -0.39 is 18.5 Å². The summed E-state index contributed by atoms with van der Waals surface area (Å²) in [4.78, 5) is 31.3. The number of alkyl halides is 2. The molecule has 11 heteroatoms. The fraction of sp³-hybridized carbons (Fsp3) is 0.280. The molecular weight excluding hydrogens is 466 g/mol. The van der Waals surface area contributed by atoms with E-state index in [1.807, 2.05) is 12.1 Å². The zero-order valence-corrected chi connectivity index (χ0v) is 19.6. The van der Waals surface area contributed by atoms with Crippen molar-refractivity contribution in [3.05, 3.63) is 65.1 Å². The van der Waals surface area contributed by atoms with E-state index in [4.69, 9.17) is 0 Å². The van der Waals surface area contributed by atoms with E-state index in [-0.39, 0.29) is 16.7 Å². The molecule has 0 radical (unpaired) electrons. The fourth-order valence-corrected chi connectivity index (χ4v) is 4.68. The Labute approximate surface area is 204 Å². The Morgan fingerprint density at radius 2 is 1.72 bits per heavy atom. The van der Waals surface area contributed by atoms with Crippen LogP contribution >= 0.6 is 0 Å². The molecule has 9 nitrogen and oxygen atoms in total. The summed E-state index contributed by atoms with van der Waals surface area (Å²) >= 11 is 0. The van der Waals surface area contributed by atoms with Gasteiger partial charge in [-0.1, -0.05) is 12.1 Å². The number of para-hydroxylation sites is 1. The van der Waals surface area contributed by atoms with Gasteiger partial charge in [0.05, 0.1) is 5.52 Å². The molecule has 1 saturated heterocycles. The first-order valence-corrected chi connectivity index (χ1v) is 11.7. The molecule has 0 bridgehead atoms. The van der Waals surface area contributed by atoms with Crippen LogP contribution in [0.25, 0.3) is 27.6 Å². The molecule has 1 N–H and O–H groups in total. The van der Waals surface area contributed by atoms with Gasteiger partial charge in [-0.3, -0.25) is 9.48 Å². The Kier molecular flexibility index (Phi) is 5.48. The maximum Gasteiger partial charge on any atom is 0.283 e. The highest BCUT2D eigenvalue weighted by atomic mass is 19.3. The number of nitrogens with one attached hydrogen (secondary N) is 1. The zero-order valence-electron chi connectivity index (χ0n) is 19.6. The Bertz CT molecular complexity index is 1620. The SMILES string of the molecule is CN1CCN(c2ccc(Nc3ncc4c(=O)n5c(nc4n3)c3ccccc3n5CC(F)F)cc2)CC1. The van der Waals surface area contributed by atoms with Crippen LogP contribution in [0.15, 0.2) is 59.5 Å². The van der Waals surface area contributed by atoms with Crippen LogP contribution in [0.4, 0.5) is 26.1 Å². The van der Waals surface area contributed by atoms with Gasteiger partial charge in [-0.05, 0) is 43.4 Å². The molecule has 0 unspecified atom stereocenters. The molecule has 0 spiro atoms. The van der Waals surface area contributed by atoms with Crippen molar-refractivity contribution in [3.8, 4) is 0 Å². The minimum absolute atomic E-state index is 0.154. The van der Waals surface area contributed by atoms with Gasteiger partial charge in [-0.25, -0.2) is 18.7 Å². The predicted molar refractivity (Wildman–Crippen MR) is 135 cm³/mol. The first-order valence-electron chi connectivity index (χ1n) is 11.7. The molecule has 184 valence electrons. The van der Waals surface area contributed by atoms with E-state index in [0.29, 0.717) is 16.9 Å². The molecule has 0 amide bonds. The molecule has 0 atom stereocenters. The third-order valence-corrected chi connectivity index (χ3v) is 6.57. The predicted octanol–water partition coefficient (Wildman–Crippen LogP) is 3.35. The van der Waals surface area contributed by atoms with E-state index in [0.717, 1.165) is 37.6 Å². The number of halogens is 2. The largest absolute Gasteiger partial charge is 0.369 e. The van der Waals surface area contributed by atoms with E-state index in [2.05, 4.69) is 49.2 Å². The summed E-state index contributed by atoms with van der Waals surface area (Å²) in [5.41, 5.74) is 2.46. The average Bonchev–Trinajstić information content (AvgIpc) is 3.18. The maximum atomic E-state index is 13.3. The average molecular weight is 491 g/mol. The second-order valence-corrected chi connectivity index (χ2v) is 8.94. The van der Waals surface area contributed by atoms with Crippen molar-refractivity contribution < 1.29 is 8.78 Å². The van der Waals surface area contributed by atoms with Gasteiger partial charge in [-0.2, -0.15) is 9.50 Å². The minimum Gasteiger partial charge on any atom is -0.369 e. The Hall–Kier alpha value is -4.12. The van der Waals surface area contributed by atoms with Crippen molar-refractivity contribution in [3.63, 3.8) is 0 Å². The van der Waals surface area contributed by atoms with Crippen molar-refractivity contribution in [2.45, 2.75) is 13.0 Å². The number of likely N-dealkylation sites (N-methyl/N-ethyl adjacent to an activating group) is 1. The topological polar surface area (TPSA) is 83.6 Å². The summed E-state index contributed by atoms with van der Waals surface area (Å²) in [6, 6.07) is 15.0. The summed E-state index contributed by atoms with van der Waals surface area (Å²) in [6.07, 6.45) is -1.24. The van der Waals surface area contributed by atoms with Gasteiger partial charge in [0.2, 0.25) is 5.95 Å². The lowest BCUT2D eigenvalue weighted by Crippen LogP contribution is -2.44. The Morgan fingerprint density at radius 1 is 0.972 bits per heavy atom. The van der Waals surface area contributed by atoms with Gasteiger partial charge >= 0.3 is 0 Å². The van der Waals surface area contributed by atoms with Gasteiger partial charge in [-0.15, -0.1) is 0 Å². The van der Waals surface area contributed by atoms with Crippen molar-refractivity contribution in [1.82, 2.24) is 29.0 Å². The summed E-state index contributed by atoms with van der Waals surface area (Å²) in [6.45, 7) is 3.42. The van der Waals surface area contributed by atoms with Gasteiger partial charge in [0, 0.05) is 49.1 Å². The van der Waals surface area contributed by atoms with Crippen molar-refractivity contribution >= 4 is 44.9 Å². The minimum atomic E-state index is -2.63. The molecule has 36 heavy (non-hydrogen) atoms. The third kappa shape index (κ3) is 3.91. The number of hydrogen-bond donors (Lipinski definition) is 1. The lowest BCUT2D eigenvalue weighted by atomic mass is 10.2. The van der Waals surface area contributed by atoms with E-state index in [9.17, 15) is 13.6 Å². The number of nitrogens with zero attached hydrogens (tertiary/aromatic N) is 7. The summed E-state index contributed by atoms with van der Waals surface area (Å²) in [5, 5.41) is 3.92. The van der Waals surface area contributed by atoms with Crippen LogP contribution < -0.4 is 15.8 Å². The van der Waals surface area contributed by atoms with Crippen LogP contribution in [0.5, 0.6) is 0 Å². The number of piperazine rings is 1. The van der Waals surface area contributed by atoms with Crippen molar-refractivity contribution in [2.24, 2.45) is 0 Å². The number of hydrogen-bond acceptors (Lipinski definition) is 7. The maximum absolute atomic E-state index is 13.3. The van der Waals surface area contributed by atoms with Crippen LogP contribution in [0.1, 0.15) is 0 Å². The molecule has 1 aliphatic heterocycles. The highest BCUT2D eigenvalue weighted by molar-refractivity contribution is 5.94. The quantitative estimate of drug-likeness (QED) is 0.405. The normalized spacial score (nSPS) is 14.9. The molecule has 5 aromatic rings. The van der Waals surface area contributed by atoms with Gasteiger partial charge in [0.1, 0.15) is 11.9 Å². The van der Waals surface area contributed by atoms with Crippen molar-refractivity contribution in [2.75, 3.05) is 43.4 Å². The fourth-order valence-electron chi connectivity index (χ4n) is 4.68. The smallest absolute Gasteiger partial charge is 0.283 e. The van der Waals surface area contributed by atoms with Crippen LogP contribution in [-0.2, 0) is 6.54 Å². The molecule has 3 aromatic heterocycles. The number of anilines is 3. The summed E-state index contributed by atoms with van der Waals surface area (Å²) in [5.74, 6) is 0.294. The van der Waals surface area contributed by atoms with E-state index >= 15 is 0 Å². The molecular formula is C25H24F2N8O. The van der Waals surface area contributed by atoms with Crippen LogP contribution in [0, 0.1) is 0 Å². The molecule has 1 fully saturated rings. The number of rotatable bonds is 5. The number of benzene rings is 2. The molecule has 0 saturated carbocycles. The monoisotopic (exact) mass is 490 g/mol. The van der Waals surface area contributed by atoms with E-state index in [1.165, 1.54) is 15.4 Å². The van der Waals surface area contributed by atoms with Gasteiger partial charge in [0.25, 0.3) is 12.0 Å². The molecule has 1 aliphatic rings. The van der Waals surface area contributed by atoms with Gasteiger partial charge < -0.3 is 15.1 Å². The molecule has 4 heterocycles. The highest BCUT2D eigenvalue weighted by Gasteiger charge is 2.19. The highest BCUT2D eigenvalue weighted by Crippen LogP contribution is 2.24. The number of aromatic nitrogens is 5. The standard InChI is InChI=1S/C25H24F2N8O/c1-32-10-12-33(13-11-32)17-8-6-16(7-9-17)29-25-28-14-19-22(31-25)30-23-18-4-2-3-5-20(18)34(15-21(26)27)35(23)24(19)36/h2-9,14,21H,10-13,15H2,1H3,(H,28,29,31). The molecule has 0 aliphatic carbocycles. The summed E-state index contributed by atoms with van der Waals surface area (Å²) in [7, 11) is 2.13. The first kappa shape index (κ1) is 22.4. The molecule has 6 rings (SSSR count). The Morgan fingerprint density at radius 3 is 2.47 bits per heavy atom. The van der Waals surface area contributed by atoms with Crippen molar-refractivity contribution in [1.29, 1.82) is 0 Å². The number of fused-ring (bicyclic) bond motifs is 4. The second-order valence-electron chi connectivity index (χ2n) is 8.94. The first-order chi connectivity index (χ1) is 17.5. The lowest BCUT2D eigenvalue weighted by Gasteiger charge is -2.34.